The Hall–Kier alpha value is -1.69. The van der Waals surface area contributed by atoms with Crippen molar-refractivity contribution in [2.75, 3.05) is 0 Å². The minimum atomic E-state index is -0.401. The van der Waals surface area contributed by atoms with E-state index in [9.17, 15) is 9.59 Å². The van der Waals surface area contributed by atoms with E-state index in [1.54, 1.807) is 12.4 Å². The lowest BCUT2D eigenvalue weighted by Crippen LogP contribution is -2.42. The van der Waals surface area contributed by atoms with E-state index in [0.29, 0.717) is 6.54 Å². The molecule has 0 spiro atoms. The highest BCUT2D eigenvalue weighted by molar-refractivity contribution is 6.05. The monoisotopic (exact) mass is 250 g/mol. The van der Waals surface area contributed by atoms with E-state index in [2.05, 4.69) is 15.5 Å². The zero-order valence-electron chi connectivity index (χ0n) is 10.6. The molecule has 2 atom stereocenters. The molecule has 0 aromatic carbocycles. The van der Waals surface area contributed by atoms with Crippen LogP contribution in [-0.2, 0) is 16.1 Å². The van der Waals surface area contributed by atoms with Gasteiger partial charge in [-0.2, -0.15) is 5.10 Å². The number of hydrogen-bond donors (Lipinski definition) is 2. The Bertz CT molecular complexity index is 429. The largest absolute Gasteiger partial charge is 0.301 e. The van der Waals surface area contributed by atoms with Crippen molar-refractivity contribution < 1.29 is 9.59 Å². The second kappa shape index (κ2) is 5.30. The van der Waals surface area contributed by atoms with Crippen molar-refractivity contribution in [1.82, 2.24) is 20.4 Å². The number of imide groups is 1. The minimum Gasteiger partial charge on any atom is -0.301 e. The molecule has 1 aliphatic heterocycles. The number of H-pyrrole nitrogens is 1. The highest BCUT2D eigenvalue weighted by atomic mass is 16.2. The molecule has 2 amide bonds. The van der Waals surface area contributed by atoms with Crippen LogP contribution in [0.2, 0.25) is 0 Å². The van der Waals surface area contributed by atoms with Crippen molar-refractivity contribution in [2.45, 2.75) is 45.3 Å². The Kier molecular flexibility index (Phi) is 3.76. The van der Waals surface area contributed by atoms with E-state index in [1.165, 1.54) is 4.90 Å². The maximum Gasteiger partial charge on any atom is 0.247 e. The quantitative estimate of drug-likeness (QED) is 0.743. The predicted octanol–water partition coefficient (Wildman–Crippen LogP) is 0.425. The van der Waals surface area contributed by atoms with Crippen LogP contribution in [0.4, 0.5) is 0 Å². The number of aromatic nitrogens is 2. The molecule has 2 unspecified atom stereocenters. The van der Waals surface area contributed by atoms with Gasteiger partial charge in [0, 0.05) is 24.3 Å². The van der Waals surface area contributed by atoms with Crippen molar-refractivity contribution >= 4 is 11.8 Å². The van der Waals surface area contributed by atoms with Crippen LogP contribution in [0.1, 0.15) is 32.3 Å². The number of rotatable bonds is 5. The summed E-state index contributed by atoms with van der Waals surface area (Å²) in [4.78, 5) is 25.3. The molecular formula is C12H18N4O2. The molecule has 0 saturated carbocycles. The minimum absolute atomic E-state index is 0.0225. The number of aromatic amines is 1. The summed E-state index contributed by atoms with van der Waals surface area (Å²) >= 11 is 0. The lowest BCUT2D eigenvalue weighted by molar-refractivity contribution is -0.141. The number of nitrogens with zero attached hydrogens (tertiary/aromatic N) is 2. The molecule has 0 radical (unpaired) electrons. The fourth-order valence-corrected chi connectivity index (χ4v) is 2.07. The Morgan fingerprint density at radius 2 is 2.39 bits per heavy atom. The van der Waals surface area contributed by atoms with Gasteiger partial charge >= 0.3 is 0 Å². The van der Waals surface area contributed by atoms with E-state index in [4.69, 9.17) is 0 Å². The lowest BCUT2D eigenvalue weighted by atomic mass is 10.2. The smallest absolute Gasteiger partial charge is 0.247 e. The summed E-state index contributed by atoms with van der Waals surface area (Å²) in [6, 6.07) is -0.424. The summed E-state index contributed by atoms with van der Waals surface area (Å²) < 4.78 is 0. The number of carbonyl (C=O) groups excluding carboxylic acids is 2. The Balaban J connectivity index is 1.95. The van der Waals surface area contributed by atoms with Crippen molar-refractivity contribution in [3.63, 3.8) is 0 Å². The number of amides is 2. The van der Waals surface area contributed by atoms with E-state index in [1.807, 2.05) is 13.8 Å². The third-order valence-electron chi connectivity index (χ3n) is 3.32. The Morgan fingerprint density at radius 1 is 1.61 bits per heavy atom. The molecule has 2 rings (SSSR count). The highest BCUT2D eigenvalue weighted by Gasteiger charge is 2.40. The molecule has 2 N–H and O–H groups in total. The standard InChI is InChI=1S/C12H18N4O2/c1-3-8(2)16-11(17)4-10(12(16)18)13-5-9-6-14-15-7-9/h6-8,10,13H,3-5H2,1-2H3,(H,14,15). The average molecular weight is 250 g/mol. The van der Waals surface area contributed by atoms with Gasteiger partial charge in [0.1, 0.15) is 0 Å². The van der Waals surface area contributed by atoms with Gasteiger partial charge in [0.2, 0.25) is 11.8 Å². The first-order valence-electron chi connectivity index (χ1n) is 6.20. The van der Waals surface area contributed by atoms with Crippen LogP contribution in [0.15, 0.2) is 12.4 Å². The molecule has 1 aromatic rings. The topological polar surface area (TPSA) is 78.1 Å². The number of nitrogens with one attached hydrogen (secondary N) is 2. The predicted molar refractivity (Wildman–Crippen MR) is 65.4 cm³/mol. The molecule has 98 valence electrons. The Labute approximate surface area is 106 Å². The van der Waals surface area contributed by atoms with Crippen LogP contribution >= 0.6 is 0 Å². The molecule has 1 fully saturated rings. The van der Waals surface area contributed by atoms with Gasteiger partial charge in [-0.15, -0.1) is 0 Å². The van der Waals surface area contributed by atoms with Crippen LogP contribution in [0, 0.1) is 0 Å². The molecule has 0 aliphatic carbocycles. The Morgan fingerprint density at radius 3 is 3.00 bits per heavy atom. The average Bonchev–Trinajstić information content (AvgIpc) is 2.95. The van der Waals surface area contributed by atoms with Gasteiger partial charge in [-0.3, -0.25) is 19.6 Å². The summed E-state index contributed by atoms with van der Waals surface area (Å²) in [7, 11) is 0. The summed E-state index contributed by atoms with van der Waals surface area (Å²) in [6.45, 7) is 4.40. The number of carbonyl (C=O) groups is 2. The first-order valence-corrected chi connectivity index (χ1v) is 6.20. The van der Waals surface area contributed by atoms with Crippen LogP contribution in [-0.4, -0.2) is 39.0 Å². The SMILES string of the molecule is CCC(C)N1C(=O)CC(NCc2cn[nH]c2)C1=O. The van der Waals surface area contributed by atoms with Gasteiger partial charge in [-0.25, -0.2) is 0 Å². The lowest BCUT2D eigenvalue weighted by Gasteiger charge is -2.21. The molecule has 6 heteroatoms. The first-order chi connectivity index (χ1) is 8.63. The van der Waals surface area contributed by atoms with Crippen molar-refractivity contribution in [3.05, 3.63) is 18.0 Å². The zero-order valence-corrected chi connectivity index (χ0v) is 10.6. The summed E-state index contributed by atoms with van der Waals surface area (Å²) in [5.41, 5.74) is 0.970. The maximum absolute atomic E-state index is 12.1. The number of hydrogen-bond acceptors (Lipinski definition) is 4. The van der Waals surface area contributed by atoms with Gasteiger partial charge in [0.15, 0.2) is 0 Å². The normalized spacial score (nSPS) is 21.7. The molecule has 1 aliphatic rings. The fourth-order valence-electron chi connectivity index (χ4n) is 2.07. The van der Waals surface area contributed by atoms with E-state index < -0.39 is 6.04 Å². The van der Waals surface area contributed by atoms with Crippen molar-refractivity contribution in [1.29, 1.82) is 0 Å². The number of likely N-dealkylation sites (tertiary alicyclic amines) is 1. The highest BCUT2D eigenvalue weighted by Crippen LogP contribution is 2.18. The summed E-state index contributed by atoms with van der Waals surface area (Å²) in [5.74, 6) is -0.197. The van der Waals surface area contributed by atoms with Crippen LogP contribution < -0.4 is 5.32 Å². The van der Waals surface area contributed by atoms with Crippen LogP contribution in [0.5, 0.6) is 0 Å². The van der Waals surface area contributed by atoms with Crippen LogP contribution in [0.25, 0.3) is 0 Å². The van der Waals surface area contributed by atoms with Gasteiger partial charge in [-0.05, 0) is 13.3 Å². The van der Waals surface area contributed by atoms with Gasteiger partial charge < -0.3 is 5.32 Å². The van der Waals surface area contributed by atoms with Gasteiger partial charge in [-0.1, -0.05) is 6.92 Å². The third kappa shape index (κ3) is 2.43. The van der Waals surface area contributed by atoms with Gasteiger partial charge in [0.05, 0.1) is 18.7 Å². The third-order valence-corrected chi connectivity index (χ3v) is 3.32. The summed E-state index contributed by atoms with van der Waals surface area (Å²) in [5, 5.41) is 9.64. The van der Waals surface area contributed by atoms with E-state index in [-0.39, 0.29) is 24.3 Å². The van der Waals surface area contributed by atoms with Crippen LogP contribution in [0.3, 0.4) is 0 Å². The second-order valence-electron chi connectivity index (χ2n) is 4.60. The van der Waals surface area contributed by atoms with E-state index >= 15 is 0 Å². The van der Waals surface area contributed by atoms with Crippen molar-refractivity contribution in [2.24, 2.45) is 0 Å². The molecule has 1 aromatic heterocycles. The fraction of sp³-hybridized carbons (Fsp3) is 0.583. The summed E-state index contributed by atoms with van der Waals surface area (Å²) in [6.07, 6.45) is 4.49. The van der Waals surface area contributed by atoms with Gasteiger partial charge in [0.25, 0.3) is 0 Å². The molecule has 0 bridgehead atoms. The zero-order chi connectivity index (χ0) is 13.1. The molecular weight excluding hydrogens is 232 g/mol. The maximum atomic E-state index is 12.1. The molecule has 18 heavy (non-hydrogen) atoms. The second-order valence-corrected chi connectivity index (χ2v) is 4.60. The first kappa shape index (κ1) is 12.8. The molecule has 6 nitrogen and oxygen atoms in total. The molecule has 2 heterocycles. The van der Waals surface area contributed by atoms with Crippen molar-refractivity contribution in [3.8, 4) is 0 Å². The van der Waals surface area contributed by atoms with E-state index in [0.717, 1.165) is 12.0 Å². The molecule has 1 saturated heterocycles.